The number of halogens is 2. The fourth-order valence-corrected chi connectivity index (χ4v) is 3.21. The molecular weight excluding hydrogens is 268 g/mol. The number of nitrogens with zero attached hydrogens (tertiary/aromatic N) is 2. The van der Waals surface area contributed by atoms with Crippen molar-refractivity contribution in [3.63, 3.8) is 0 Å². The van der Waals surface area contributed by atoms with Gasteiger partial charge in [0.2, 0.25) is 0 Å². The molecule has 1 saturated carbocycles. The van der Waals surface area contributed by atoms with Crippen LogP contribution in [0.1, 0.15) is 24.8 Å². The predicted molar refractivity (Wildman–Crippen MR) is 67.8 cm³/mol. The lowest BCUT2D eigenvalue weighted by molar-refractivity contribution is 0.127. The number of aromatic nitrogens is 1. The third-order valence-corrected chi connectivity index (χ3v) is 4.10. The van der Waals surface area contributed by atoms with Gasteiger partial charge < -0.3 is 15.3 Å². The van der Waals surface area contributed by atoms with E-state index in [1.54, 1.807) is 0 Å². The molecule has 3 atom stereocenters. The number of pyridine rings is 1. The first kappa shape index (κ1) is 13.1. The van der Waals surface area contributed by atoms with Crippen LogP contribution >= 0.6 is 0 Å². The first-order valence-electron chi connectivity index (χ1n) is 6.55. The van der Waals surface area contributed by atoms with Gasteiger partial charge >= 0.3 is 6.09 Å². The van der Waals surface area contributed by atoms with Gasteiger partial charge in [-0.15, -0.1) is 0 Å². The zero-order chi connectivity index (χ0) is 14.3. The molecule has 108 valence electrons. The van der Waals surface area contributed by atoms with Crippen LogP contribution in [-0.4, -0.2) is 39.7 Å². The highest BCUT2D eigenvalue weighted by atomic mass is 19.3. The molecule has 0 aromatic carbocycles. The van der Waals surface area contributed by atoms with E-state index >= 15 is 0 Å². The number of carbonyl (C=O) groups is 1. The molecule has 0 radical (unpaired) electrons. The number of hydrogen-bond acceptors (Lipinski definition) is 3. The van der Waals surface area contributed by atoms with Gasteiger partial charge in [-0.1, -0.05) is 0 Å². The molecule has 3 rings (SSSR count). The molecule has 7 heteroatoms. The summed E-state index contributed by atoms with van der Waals surface area (Å²) in [4.78, 5) is 16.5. The van der Waals surface area contributed by atoms with Gasteiger partial charge in [0.25, 0.3) is 6.43 Å². The Kier molecular flexibility index (Phi) is 3.19. The summed E-state index contributed by atoms with van der Waals surface area (Å²) in [6.07, 6.45) is -0.521. The Balaban J connectivity index is 1.68. The van der Waals surface area contributed by atoms with Crippen molar-refractivity contribution >= 4 is 11.9 Å². The Bertz CT molecular complexity index is 509. The summed E-state index contributed by atoms with van der Waals surface area (Å²) in [6.45, 7) is 0.593. The highest BCUT2D eigenvalue weighted by Crippen LogP contribution is 2.39. The number of fused-ring (bicyclic) bond motifs is 2. The quantitative estimate of drug-likeness (QED) is 0.894. The molecule has 1 aromatic rings. The molecule has 1 aliphatic carbocycles. The van der Waals surface area contributed by atoms with Gasteiger partial charge in [0.15, 0.2) is 0 Å². The number of piperidine rings is 1. The van der Waals surface area contributed by atoms with Crippen molar-refractivity contribution in [2.24, 2.45) is 5.92 Å². The van der Waals surface area contributed by atoms with E-state index in [9.17, 15) is 13.6 Å². The first-order valence-corrected chi connectivity index (χ1v) is 6.55. The van der Waals surface area contributed by atoms with Gasteiger partial charge in [0.05, 0.1) is 6.04 Å². The maximum atomic E-state index is 12.4. The van der Waals surface area contributed by atoms with E-state index in [1.165, 1.54) is 17.0 Å². The van der Waals surface area contributed by atoms with Crippen LogP contribution < -0.4 is 5.32 Å². The molecule has 1 amide bonds. The topological polar surface area (TPSA) is 65.5 Å². The summed E-state index contributed by atoms with van der Waals surface area (Å²) in [5.41, 5.74) is -0.115. The Labute approximate surface area is 114 Å². The summed E-state index contributed by atoms with van der Waals surface area (Å²) in [7, 11) is 0. The lowest BCUT2D eigenvalue weighted by Gasteiger charge is -2.31. The second-order valence-electron chi connectivity index (χ2n) is 5.37. The molecule has 2 aliphatic rings. The Morgan fingerprint density at radius 2 is 2.25 bits per heavy atom. The monoisotopic (exact) mass is 283 g/mol. The van der Waals surface area contributed by atoms with Crippen molar-refractivity contribution in [2.75, 3.05) is 11.9 Å². The highest BCUT2D eigenvalue weighted by molar-refractivity contribution is 5.66. The van der Waals surface area contributed by atoms with Crippen molar-refractivity contribution < 1.29 is 18.7 Å². The minimum absolute atomic E-state index is 0.00903. The number of likely N-dealkylation sites (tertiary alicyclic amines) is 1. The third kappa shape index (κ3) is 2.28. The molecule has 3 unspecified atom stereocenters. The van der Waals surface area contributed by atoms with Gasteiger partial charge in [-0.3, -0.25) is 0 Å². The number of amides is 1. The number of rotatable bonds is 3. The summed E-state index contributed by atoms with van der Waals surface area (Å²) < 4.78 is 24.9. The molecule has 1 aromatic heterocycles. The van der Waals surface area contributed by atoms with Crippen LogP contribution in [-0.2, 0) is 0 Å². The van der Waals surface area contributed by atoms with E-state index in [4.69, 9.17) is 5.11 Å². The highest BCUT2D eigenvalue weighted by Gasteiger charge is 2.47. The molecular formula is C13H15F2N3O2. The largest absolute Gasteiger partial charge is 0.465 e. The van der Waals surface area contributed by atoms with Crippen molar-refractivity contribution in [1.29, 1.82) is 0 Å². The Morgan fingerprint density at radius 1 is 1.45 bits per heavy atom. The van der Waals surface area contributed by atoms with Gasteiger partial charge in [-0.05, 0) is 30.9 Å². The summed E-state index contributed by atoms with van der Waals surface area (Å²) in [6, 6.07) is 2.81. The molecule has 5 nitrogen and oxygen atoms in total. The van der Waals surface area contributed by atoms with Gasteiger partial charge in [0.1, 0.15) is 5.82 Å². The maximum absolute atomic E-state index is 12.4. The van der Waals surface area contributed by atoms with Gasteiger partial charge in [-0.25, -0.2) is 18.6 Å². The minimum Gasteiger partial charge on any atom is -0.465 e. The smallest absolute Gasteiger partial charge is 0.407 e. The molecule has 2 bridgehead atoms. The van der Waals surface area contributed by atoms with E-state index in [1.807, 2.05) is 0 Å². The molecule has 1 aliphatic heterocycles. The van der Waals surface area contributed by atoms with Crippen LogP contribution in [0.5, 0.6) is 0 Å². The van der Waals surface area contributed by atoms with Crippen LogP contribution in [0.15, 0.2) is 18.3 Å². The van der Waals surface area contributed by atoms with Crippen molar-refractivity contribution in [2.45, 2.75) is 31.4 Å². The van der Waals surface area contributed by atoms with E-state index < -0.39 is 12.5 Å². The molecule has 2 fully saturated rings. The van der Waals surface area contributed by atoms with Crippen LogP contribution in [0.25, 0.3) is 0 Å². The summed E-state index contributed by atoms with van der Waals surface area (Å²) >= 11 is 0. The number of carboxylic acid groups (broad SMARTS) is 1. The summed E-state index contributed by atoms with van der Waals surface area (Å²) in [5, 5.41) is 12.3. The number of nitrogens with one attached hydrogen (secondary N) is 1. The lowest BCUT2D eigenvalue weighted by atomic mass is 10.1. The number of anilines is 1. The second kappa shape index (κ2) is 4.88. The Morgan fingerprint density at radius 3 is 2.80 bits per heavy atom. The third-order valence-electron chi connectivity index (χ3n) is 4.10. The standard InChI is InChI=1S/C13H15F2N3O2/c14-12(15)8-1-2-11(16-5-8)17-9-3-7-4-10(9)18(6-7)13(19)20/h1-2,5,7,9-10,12H,3-4,6H2,(H,16,17)(H,19,20). The molecule has 20 heavy (non-hydrogen) atoms. The van der Waals surface area contributed by atoms with Crippen LogP contribution in [0.4, 0.5) is 19.4 Å². The average Bonchev–Trinajstić information content (AvgIpc) is 2.99. The van der Waals surface area contributed by atoms with Crippen molar-refractivity contribution in [3.05, 3.63) is 23.9 Å². The van der Waals surface area contributed by atoms with Gasteiger partial charge in [0, 0.05) is 24.3 Å². The molecule has 1 saturated heterocycles. The maximum Gasteiger partial charge on any atom is 0.407 e. The summed E-state index contributed by atoms with van der Waals surface area (Å²) in [5.74, 6) is 0.895. The zero-order valence-electron chi connectivity index (χ0n) is 10.7. The van der Waals surface area contributed by atoms with Crippen LogP contribution in [0.3, 0.4) is 0 Å². The predicted octanol–water partition coefficient (Wildman–Crippen LogP) is 2.57. The van der Waals surface area contributed by atoms with E-state index in [0.29, 0.717) is 18.3 Å². The lowest BCUT2D eigenvalue weighted by Crippen LogP contribution is -2.47. The molecule has 2 N–H and O–H groups in total. The molecule has 0 spiro atoms. The fraction of sp³-hybridized carbons (Fsp3) is 0.538. The SMILES string of the molecule is O=C(O)N1CC2CC(Nc3ccc(C(F)F)cn3)C1C2. The van der Waals surface area contributed by atoms with Gasteiger partial charge in [-0.2, -0.15) is 0 Å². The van der Waals surface area contributed by atoms with Crippen LogP contribution in [0, 0.1) is 5.92 Å². The zero-order valence-corrected chi connectivity index (χ0v) is 10.7. The number of hydrogen-bond donors (Lipinski definition) is 2. The molecule has 2 heterocycles. The number of alkyl halides is 2. The first-order chi connectivity index (χ1) is 9.54. The van der Waals surface area contributed by atoms with Crippen molar-refractivity contribution in [1.82, 2.24) is 9.88 Å². The average molecular weight is 283 g/mol. The minimum atomic E-state index is -2.53. The second-order valence-corrected chi connectivity index (χ2v) is 5.37. The van der Waals surface area contributed by atoms with E-state index in [0.717, 1.165) is 19.0 Å². The van der Waals surface area contributed by atoms with E-state index in [-0.39, 0.29) is 17.6 Å². The van der Waals surface area contributed by atoms with E-state index in [2.05, 4.69) is 10.3 Å². The fourth-order valence-electron chi connectivity index (χ4n) is 3.21. The Hall–Kier alpha value is -1.92. The van der Waals surface area contributed by atoms with Crippen molar-refractivity contribution in [3.8, 4) is 0 Å². The normalized spacial score (nSPS) is 28.1. The van der Waals surface area contributed by atoms with Crippen LogP contribution in [0.2, 0.25) is 0 Å².